The molecule has 0 radical (unpaired) electrons. The van der Waals surface area contributed by atoms with Crippen molar-refractivity contribution in [1.82, 2.24) is 21.3 Å². The van der Waals surface area contributed by atoms with E-state index in [9.17, 15) is 0 Å². The van der Waals surface area contributed by atoms with E-state index in [1.165, 1.54) is 64.2 Å². The lowest BCUT2D eigenvalue weighted by Crippen LogP contribution is -2.71. The van der Waals surface area contributed by atoms with E-state index in [1.807, 2.05) is 0 Å². The molecule has 6 heteroatoms. The Labute approximate surface area is 310 Å². The van der Waals surface area contributed by atoms with Crippen LogP contribution in [0.3, 0.4) is 0 Å². The Hall–Kier alpha value is -0.240. The SMILES string of the molecule is CC1(C)CC(C2(C3CC(C)(C)NC(C)(C)C3)CC(C3CC(C)(C)NC(C)(C)C3)(C3CC(C)(C)NC(C)(C)C3)C(CN)CC2CN)CC(C)(C)N1. The standard InChI is InChI=1S/C44H86N6/c1-35(2)18-31(19-36(3,4)47-35)43(32-20-37(5,6)48-38(7,8)21-32)28-44(30(27-46)17-29(43)26-45,33-22-39(9,10)49-40(11,12)23-33)34-24-41(13,14)50-42(15,16)25-34/h29-34,47-50H,17-28,45-46H2,1-16H3. The van der Waals surface area contributed by atoms with Crippen LogP contribution in [-0.2, 0) is 0 Å². The fourth-order valence-electron chi connectivity index (χ4n) is 15.6. The number of piperidine rings is 4. The second kappa shape index (κ2) is 12.7. The molecule has 50 heavy (non-hydrogen) atoms. The fraction of sp³-hybridized carbons (Fsp3) is 1.00. The Kier molecular flexibility index (Phi) is 10.4. The molecule has 1 aliphatic carbocycles. The summed E-state index contributed by atoms with van der Waals surface area (Å²) in [6.07, 6.45) is 12.2. The maximum atomic E-state index is 7.21. The van der Waals surface area contributed by atoms with E-state index in [4.69, 9.17) is 11.5 Å². The zero-order valence-corrected chi connectivity index (χ0v) is 36.1. The van der Waals surface area contributed by atoms with Gasteiger partial charge in [-0.05, 0) is 234 Å². The molecule has 4 saturated heterocycles. The lowest BCUT2D eigenvalue weighted by atomic mass is 9.36. The smallest absolute Gasteiger partial charge is 0.0132 e. The predicted molar refractivity (Wildman–Crippen MR) is 215 cm³/mol. The molecular formula is C44H86N6. The van der Waals surface area contributed by atoms with Gasteiger partial charge in [-0.2, -0.15) is 0 Å². The third-order valence-corrected chi connectivity index (χ3v) is 15.1. The van der Waals surface area contributed by atoms with Gasteiger partial charge in [-0.3, -0.25) is 0 Å². The highest BCUT2D eigenvalue weighted by molar-refractivity contribution is 5.19. The molecule has 0 aromatic carbocycles. The van der Waals surface area contributed by atoms with Gasteiger partial charge in [0.05, 0.1) is 0 Å². The molecule has 4 heterocycles. The van der Waals surface area contributed by atoms with Crippen LogP contribution >= 0.6 is 0 Å². The van der Waals surface area contributed by atoms with Gasteiger partial charge in [0.2, 0.25) is 0 Å². The van der Waals surface area contributed by atoms with Crippen molar-refractivity contribution in [3.05, 3.63) is 0 Å². The van der Waals surface area contributed by atoms with Gasteiger partial charge in [-0.15, -0.1) is 0 Å². The maximum Gasteiger partial charge on any atom is 0.0132 e. The third kappa shape index (κ3) is 8.07. The van der Waals surface area contributed by atoms with Crippen molar-refractivity contribution in [2.24, 2.45) is 57.8 Å². The van der Waals surface area contributed by atoms with Crippen molar-refractivity contribution in [3.8, 4) is 0 Å². The van der Waals surface area contributed by atoms with E-state index in [-0.39, 0.29) is 55.1 Å². The predicted octanol–water partition coefficient (Wildman–Crippen LogP) is 8.13. The Morgan fingerprint density at radius 3 is 0.700 bits per heavy atom. The van der Waals surface area contributed by atoms with Crippen molar-refractivity contribution in [2.75, 3.05) is 13.1 Å². The lowest BCUT2D eigenvalue weighted by Gasteiger charge is -2.71. The highest BCUT2D eigenvalue weighted by Gasteiger charge is 2.67. The molecule has 0 aromatic heterocycles. The first-order valence-corrected chi connectivity index (χ1v) is 21.0. The minimum Gasteiger partial charge on any atom is -0.330 e. The summed E-state index contributed by atoms with van der Waals surface area (Å²) >= 11 is 0. The van der Waals surface area contributed by atoms with Crippen LogP contribution < -0.4 is 32.7 Å². The maximum absolute atomic E-state index is 7.21. The molecule has 5 rings (SSSR count). The average Bonchev–Trinajstić information content (AvgIpc) is 2.85. The molecule has 4 aliphatic heterocycles. The second-order valence-corrected chi connectivity index (χ2v) is 24.5. The van der Waals surface area contributed by atoms with E-state index in [0.717, 1.165) is 13.1 Å². The van der Waals surface area contributed by atoms with Gasteiger partial charge in [0.25, 0.3) is 0 Å². The Morgan fingerprint density at radius 1 is 0.360 bits per heavy atom. The molecule has 0 bridgehead atoms. The summed E-state index contributed by atoms with van der Waals surface area (Å²) in [5.74, 6) is 3.33. The Bertz CT molecular complexity index is 991. The summed E-state index contributed by atoms with van der Waals surface area (Å²) < 4.78 is 0. The van der Waals surface area contributed by atoms with Gasteiger partial charge in [-0.25, -0.2) is 0 Å². The van der Waals surface area contributed by atoms with Crippen LogP contribution in [0.2, 0.25) is 0 Å². The van der Waals surface area contributed by atoms with E-state index in [1.54, 1.807) is 0 Å². The highest BCUT2D eigenvalue weighted by Crippen LogP contribution is 2.71. The first kappa shape index (κ1) is 40.9. The van der Waals surface area contributed by atoms with Gasteiger partial charge in [0.15, 0.2) is 0 Å². The molecule has 2 unspecified atom stereocenters. The summed E-state index contributed by atoms with van der Waals surface area (Å²) in [5.41, 5.74) is 15.2. The number of hydrogen-bond acceptors (Lipinski definition) is 6. The van der Waals surface area contributed by atoms with Gasteiger partial charge < -0.3 is 32.7 Å². The summed E-state index contributed by atoms with van der Waals surface area (Å²) in [6, 6.07) is 0. The van der Waals surface area contributed by atoms with Crippen LogP contribution in [0.15, 0.2) is 0 Å². The van der Waals surface area contributed by atoms with Crippen LogP contribution in [0.4, 0.5) is 0 Å². The number of nitrogens with one attached hydrogen (secondary N) is 4. The molecule has 0 spiro atoms. The molecule has 0 amide bonds. The summed E-state index contributed by atoms with van der Waals surface area (Å²) in [6.45, 7) is 41.3. The molecular weight excluding hydrogens is 613 g/mol. The Morgan fingerprint density at radius 2 is 0.540 bits per heavy atom. The van der Waals surface area contributed by atoms with Crippen molar-refractivity contribution in [2.45, 2.75) is 219 Å². The molecule has 5 aliphatic rings. The number of rotatable bonds is 6. The van der Waals surface area contributed by atoms with E-state index in [0.29, 0.717) is 35.5 Å². The monoisotopic (exact) mass is 699 g/mol. The topological polar surface area (TPSA) is 100 Å². The van der Waals surface area contributed by atoms with Crippen LogP contribution in [0.25, 0.3) is 0 Å². The number of hydrogen-bond donors (Lipinski definition) is 6. The minimum atomic E-state index is 0.0708. The van der Waals surface area contributed by atoms with Gasteiger partial charge in [0.1, 0.15) is 0 Å². The Balaban J connectivity index is 1.83. The second-order valence-electron chi connectivity index (χ2n) is 24.5. The van der Waals surface area contributed by atoms with Gasteiger partial charge in [0, 0.05) is 44.3 Å². The third-order valence-electron chi connectivity index (χ3n) is 15.1. The zero-order chi connectivity index (χ0) is 37.8. The normalized spacial score (nSPS) is 36.1. The van der Waals surface area contributed by atoms with Crippen molar-refractivity contribution >= 4 is 0 Å². The van der Waals surface area contributed by atoms with E-state index >= 15 is 0 Å². The first-order chi connectivity index (χ1) is 22.4. The molecule has 292 valence electrons. The number of nitrogens with two attached hydrogens (primary N) is 2. The average molecular weight is 699 g/mol. The fourth-order valence-corrected chi connectivity index (χ4v) is 15.6. The van der Waals surface area contributed by atoms with Crippen LogP contribution in [0.1, 0.15) is 175 Å². The summed E-state index contributed by atoms with van der Waals surface area (Å²) in [4.78, 5) is 0. The first-order valence-electron chi connectivity index (χ1n) is 21.0. The van der Waals surface area contributed by atoms with Gasteiger partial charge >= 0.3 is 0 Å². The minimum absolute atomic E-state index is 0.0708. The van der Waals surface area contributed by atoms with Crippen LogP contribution in [0, 0.1) is 46.3 Å². The summed E-state index contributed by atoms with van der Waals surface area (Å²) in [5, 5.41) is 16.5. The van der Waals surface area contributed by atoms with Crippen LogP contribution in [0.5, 0.6) is 0 Å². The van der Waals surface area contributed by atoms with E-state index in [2.05, 4.69) is 132 Å². The molecule has 1 saturated carbocycles. The lowest BCUT2D eigenvalue weighted by molar-refractivity contribution is -0.202. The quantitative estimate of drug-likeness (QED) is 0.168. The largest absolute Gasteiger partial charge is 0.330 e. The van der Waals surface area contributed by atoms with Gasteiger partial charge in [-0.1, -0.05) is 0 Å². The molecule has 2 atom stereocenters. The van der Waals surface area contributed by atoms with Crippen molar-refractivity contribution < 1.29 is 0 Å². The van der Waals surface area contributed by atoms with Crippen LogP contribution in [-0.4, -0.2) is 57.4 Å². The molecule has 5 fully saturated rings. The van der Waals surface area contributed by atoms with E-state index < -0.39 is 0 Å². The molecule has 6 nitrogen and oxygen atoms in total. The zero-order valence-electron chi connectivity index (χ0n) is 36.1. The summed E-state index contributed by atoms with van der Waals surface area (Å²) in [7, 11) is 0. The van der Waals surface area contributed by atoms with Crippen molar-refractivity contribution in [1.29, 1.82) is 0 Å². The highest BCUT2D eigenvalue weighted by atomic mass is 15.1. The van der Waals surface area contributed by atoms with Crippen molar-refractivity contribution in [3.63, 3.8) is 0 Å². The molecule has 8 N–H and O–H groups in total. The molecule has 0 aromatic rings.